The van der Waals surface area contributed by atoms with Crippen LogP contribution in [0, 0.1) is 5.92 Å². The number of carbonyl (C=O) groups is 3. The van der Waals surface area contributed by atoms with E-state index in [2.05, 4.69) is 15.5 Å². The van der Waals surface area contributed by atoms with Crippen molar-refractivity contribution in [2.24, 2.45) is 11.7 Å². The number of primary amides is 1. The molecule has 1 aromatic heterocycles. The minimum absolute atomic E-state index is 0.0192. The molecule has 1 unspecified atom stereocenters. The number of fused-ring (bicyclic) bond motifs is 1. The smallest absolute Gasteiger partial charge is 0.251 e. The molecular weight excluding hydrogens is 428 g/mol. The summed E-state index contributed by atoms with van der Waals surface area (Å²) < 4.78 is 5.49. The maximum atomic E-state index is 12.9. The summed E-state index contributed by atoms with van der Waals surface area (Å²) in [5.41, 5.74) is 7.09. The van der Waals surface area contributed by atoms with Crippen LogP contribution >= 0.6 is 11.3 Å². The van der Waals surface area contributed by atoms with Gasteiger partial charge in [0.1, 0.15) is 5.00 Å². The molecule has 1 aliphatic heterocycles. The highest BCUT2D eigenvalue weighted by Gasteiger charge is 2.31. The lowest BCUT2D eigenvalue weighted by molar-refractivity contribution is -0.127. The number of hydrogen-bond donors (Lipinski definition) is 3. The van der Waals surface area contributed by atoms with Crippen molar-refractivity contribution in [1.82, 2.24) is 10.2 Å². The molecule has 0 radical (unpaired) electrons. The minimum Gasteiger partial charge on any atom is -0.379 e. The van der Waals surface area contributed by atoms with Crippen LogP contribution in [0.4, 0.5) is 5.00 Å². The van der Waals surface area contributed by atoms with Gasteiger partial charge >= 0.3 is 0 Å². The van der Waals surface area contributed by atoms with Gasteiger partial charge in [-0.2, -0.15) is 0 Å². The number of amides is 3. The second-order valence-electron chi connectivity index (χ2n) is 8.97. The first-order chi connectivity index (χ1) is 15.3. The number of ether oxygens (including phenoxy) is 1. The number of carbonyl (C=O) groups excluding carboxylic acids is 3. The molecule has 0 bridgehead atoms. The van der Waals surface area contributed by atoms with Crippen molar-refractivity contribution in [1.29, 1.82) is 0 Å². The van der Waals surface area contributed by atoms with E-state index in [-0.39, 0.29) is 29.9 Å². The summed E-state index contributed by atoms with van der Waals surface area (Å²) in [6.07, 6.45) is 5.27. The maximum absolute atomic E-state index is 12.9. The van der Waals surface area contributed by atoms with E-state index in [1.54, 1.807) is 0 Å². The number of anilines is 1. The number of hydrogen-bond acceptors (Lipinski definition) is 6. The molecule has 1 fully saturated rings. The Kier molecular flexibility index (Phi) is 8.67. The Morgan fingerprint density at radius 3 is 2.56 bits per heavy atom. The van der Waals surface area contributed by atoms with Crippen LogP contribution < -0.4 is 16.4 Å². The van der Waals surface area contributed by atoms with Crippen molar-refractivity contribution in [2.75, 3.05) is 31.6 Å². The molecule has 1 aromatic rings. The number of thiophene rings is 1. The lowest BCUT2D eigenvalue weighted by Gasteiger charge is -2.34. The molecule has 2 heterocycles. The first-order valence-electron chi connectivity index (χ1n) is 11.7. The topological polar surface area (TPSA) is 114 Å². The van der Waals surface area contributed by atoms with E-state index in [9.17, 15) is 14.4 Å². The number of aryl methyl sites for hydroxylation is 1. The zero-order valence-electron chi connectivity index (χ0n) is 19.4. The van der Waals surface area contributed by atoms with Crippen LogP contribution in [0.25, 0.3) is 0 Å². The maximum Gasteiger partial charge on any atom is 0.251 e. The van der Waals surface area contributed by atoms with Crippen LogP contribution in [-0.2, 0) is 27.2 Å². The first-order valence-corrected chi connectivity index (χ1v) is 12.5. The van der Waals surface area contributed by atoms with Gasteiger partial charge in [0, 0.05) is 23.9 Å². The number of piperidine rings is 1. The highest BCUT2D eigenvalue weighted by atomic mass is 32.1. The number of nitrogens with two attached hydrogens (primary N) is 1. The van der Waals surface area contributed by atoms with Gasteiger partial charge in [-0.15, -0.1) is 11.3 Å². The standard InChI is InChI=1S/C23H36N4O4S/c1-14(2)31-13-5-10-25-22(30)16-8-11-27(12-9-16)15(3)21(29)26-23-19(20(24)28)17-6-4-7-18(17)32-23/h14-16H,4-13H2,1-3H3,(H2,24,28)(H,25,30)(H,26,29). The van der Waals surface area contributed by atoms with Gasteiger partial charge in [0.05, 0.1) is 17.7 Å². The van der Waals surface area contributed by atoms with E-state index in [0.29, 0.717) is 36.8 Å². The van der Waals surface area contributed by atoms with Crippen molar-refractivity contribution in [3.05, 3.63) is 16.0 Å². The summed E-state index contributed by atoms with van der Waals surface area (Å²) in [5, 5.41) is 6.53. The largest absolute Gasteiger partial charge is 0.379 e. The summed E-state index contributed by atoms with van der Waals surface area (Å²) in [6, 6.07) is -0.343. The molecule has 178 valence electrons. The van der Waals surface area contributed by atoms with Crippen molar-refractivity contribution >= 4 is 34.1 Å². The second kappa shape index (κ2) is 11.2. The Hall–Kier alpha value is -1.97. The van der Waals surface area contributed by atoms with Crippen molar-refractivity contribution in [3.8, 4) is 0 Å². The van der Waals surface area contributed by atoms with E-state index in [1.165, 1.54) is 11.3 Å². The molecule has 1 aliphatic carbocycles. The van der Waals surface area contributed by atoms with Crippen LogP contribution in [0.1, 0.15) is 67.3 Å². The molecule has 0 aromatic carbocycles. The third kappa shape index (κ3) is 6.08. The van der Waals surface area contributed by atoms with E-state index in [4.69, 9.17) is 10.5 Å². The van der Waals surface area contributed by atoms with Gasteiger partial charge in [-0.1, -0.05) is 0 Å². The van der Waals surface area contributed by atoms with Gasteiger partial charge in [0.25, 0.3) is 5.91 Å². The summed E-state index contributed by atoms with van der Waals surface area (Å²) >= 11 is 1.47. The van der Waals surface area contributed by atoms with Gasteiger partial charge in [0.2, 0.25) is 11.8 Å². The average Bonchev–Trinajstić information content (AvgIpc) is 3.33. The fraction of sp³-hybridized carbons (Fsp3) is 0.696. The predicted octanol–water partition coefficient (Wildman–Crippen LogP) is 2.31. The molecule has 9 heteroatoms. The molecule has 0 saturated carbocycles. The molecule has 1 atom stereocenters. The summed E-state index contributed by atoms with van der Waals surface area (Å²) in [4.78, 5) is 40.5. The normalized spacial score (nSPS) is 17.9. The van der Waals surface area contributed by atoms with Crippen LogP contribution in [0.15, 0.2) is 0 Å². The monoisotopic (exact) mass is 464 g/mol. The van der Waals surface area contributed by atoms with Crippen LogP contribution in [0.2, 0.25) is 0 Å². The van der Waals surface area contributed by atoms with Crippen LogP contribution in [0.5, 0.6) is 0 Å². The van der Waals surface area contributed by atoms with Crippen molar-refractivity contribution in [3.63, 3.8) is 0 Å². The molecule has 2 aliphatic rings. The van der Waals surface area contributed by atoms with E-state index < -0.39 is 5.91 Å². The zero-order chi connectivity index (χ0) is 23.3. The Morgan fingerprint density at radius 2 is 1.91 bits per heavy atom. The molecule has 1 saturated heterocycles. The summed E-state index contributed by atoms with van der Waals surface area (Å²) in [6.45, 7) is 8.51. The predicted molar refractivity (Wildman–Crippen MR) is 126 cm³/mol. The van der Waals surface area contributed by atoms with Crippen LogP contribution in [-0.4, -0.2) is 61.0 Å². The number of nitrogens with one attached hydrogen (secondary N) is 2. The molecule has 3 amide bonds. The second-order valence-corrected chi connectivity index (χ2v) is 10.1. The van der Waals surface area contributed by atoms with Crippen molar-refractivity contribution < 1.29 is 19.1 Å². The molecule has 8 nitrogen and oxygen atoms in total. The first kappa shape index (κ1) is 24.7. The van der Waals surface area contributed by atoms with E-state index >= 15 is 0 Å². The van der Waals surface area contributed by atoms with Gasteiger partial charge in [-0.05, 0) is 77.9 Å². The minimum atomic E-state index is -0.477. The number of rotatable bonds is 10. The van der Waals surface area contributed by atoms with Gasteiger partial charge in [-0.25, -0.2) is 0 Å². The van der Waals surface area contributed by atoms with Crippen LogP contribution in [0.3, 0.4) is 0 Å². The summed E-state index contributed by atoms with van der Waals surface area (Å²) in [5.74, 6) is -0.546. The molecular formula is C23H36N4O4S. The van der Waals surface area contributed by atoms with E-state index in [1.807, 2.05) is 20.8 Å². The van der Waals surface area contributed by atoms with Gasteiger partial charge < -0.3 is 21.1 Å². The quantitative estimate of drug-likeness (QED) is 0.460. The average molecular weight is 465 g/mol. The third-order valence-electron chi connectivity index (χ3n) is 6.30. The Balaban J connectivity index is 1.45. The van der Waals surface area contributed by atoms with Gasteiger partial charge in [0.15, 0.2) is 0 Å². The molecule has 4 N–H and O–H groups in total. The highest BCUT2D eigenvalue weighted by Crippen LogP contribution is 2.39. The Bertz CT molecular complexity index is 830. The molecule has 3 rings (SSSR count). The molecule has 0 spiro atoms. The van der Waals surface area contributed by atoms with Crippen molar-refractivity contribution in [2.45, 2.75) is 71.4 Å². The van der Waals surface area contributed by atoms with Gasteiger partial charge in [-0.3, -0.25) is 19.3 Å². The zero-order valence-corrected chi connectivity index (χ0v) is 20.2. The lowest BCUT2D eigenvalue weighted by Crippen LogP contribution is -2.48. The lowest BCUT2D eigenvalue weighted by atomic mass is 9.95. The summed E-state index contributed by atoms with van der Waals surface area (Å²) in [7, 11) is 0. The Morgan fingerprint density at radius 1 is 1.19 bits per heavy atom. The Labute approximate surface area is 194 Å². The highest BCUT2D eigenvalue weighted by molar-refractivity contribution is 7.17. The van der Waals surface area contributed by atoms with E-state index in [0.717, 1.165) is 49.0 Å². The fourth-order valence-electron chi connectivity index (χ4n) is 4.43. The number of nitrogens with zero attached hydrogens (tertiary/aromatic N) is 1. The molecule has 32 heavy (non-hydrogen) atoms. The fourth-order valence-corrected chi connectivity index (χ4v) is 5.73. The number of likely N-dealkylation sites (tertiary alicyclic amines) is 1. The SMILES string of the molecule is CC(C)OCCCNC(=O)C1CCN(C(C)C(=O)Nc2sc3c(c2C(N)=O)CCC3)CC1. The third-order valence-corrected chi connectivity index (χ3v) is 7.51.